The molecule has 0 aliphatic carbocycles. The van der Waals surface area contributed by atoms with Crippen LogP contribution < -0.4 is 0 Å². The van der Waals surface area contributed by atoms with Crippen molar-refractivity contribution >= 4 is 27.2 Å². The molecule has 4 rings (SSSR count). The predicted molar refractivity (Wildman–Crippen MR) is 114 cm³/mol. The van der Waals surface area contributed by atoms with Crippen molar-refractivity contribution in [1.29, 1.82) is 0 Å². The Labute approximate surface area is 175 Å². The lowest BCUT2D eigenvalue weighted by Crippen LogP contribution is -2.35. The summed E-state index contributed by atoms with van der Waals surface area (Å²) in [6, 6.07) is 10.1. The number of nitrogens with zero attached hydrogens (tertiary/aromatic N) is 3. The molecule has 1 aromatic carbocycles. The highest BCUT2D eigenvalue weighted by atomic mass is 35.5. The summed E-state index contributed by atoms with van der Waals surface area (Å²) >= 11 is 5.90. The number of benzene rings is 1. The summed E-state index contributed by atoms with van der Waals surface area (Å²) in [6.45, 7) is 4.68. The molecule has 1 aliphatic heterocycles. The van der Waals surface area contributed by atoms with E-state index in [9.17, 15) is 8.42 Å². The fraction of sp³-hybridized carbons (Fsp3) is 0.238. The predicted octanol–water partition coefficient (Wildman–Crippen LogP) is 4.22. The number of aromatic nitrogens is 3. The maximum atomic E-state index is 13.0. The van der Waals surface area contributed by atoms with E-state index in [1.54, 1.807) is 30.5 Å². The topological polar surface area (TPSA) is 79.0 Å². The number of pyridine rings is 1. The molecule has 0 saturated heterocycles. The van der Waals surface area contributed by atoms with Crippen LogP contribution in [0.1, 0.15) is 23.4 Å². The SMILES string of the molecule is Cc1nc(-c2cc(C3=CCCN(S(=O)(=O)c4ccc(Cl)cc4)C3)ccn2)[nH]c1C. The molecule has 0 saturated carbocycles. The van der Waals surface area contributed by atoms with Gasteiger partial charge in [-0.05, 0) is 67.8 Å². The van der Waals surface area contributed by atoms with Crippen LogP contribution in [-0.4, -0.2) is 40.8 Å². The van der Waals surface area contributed by atoms with Crippen molar-refractivity contribution < 1.29 is 8.42 Å². The fourth-order valence-electron chi connectivity index (χ4n) is 3.31. The highest BCUT2D eigenvalue weighted by Crippen LogP contribution is 2.28. The molecule has 0 radical (unpaired) electrons. The number of hydrogen-bond donors (Lipinski definition) is 1. The van der Waals surface area contributed by atoms with Crippen LogP contribution in [-0.2, 0) is 10.0 Å². The molecule has 2 aromatic heterocycles. The minimum atomic E-state index is -3.58. The van der Waals surface area contributed by atoms with Crippen LogP contribution in [0, 0.1) is 13.8 Å². The van der Waals surface area contributed by atoms with E-state index < -0.39 is 10.0 Å². The standard InChI is InChI=1S/C21H21ClN4O2S/c1-14-15(2)25-21(24-14)20-12-16(9-10-23-20)17-4-3-11-26(13-17)29(27,28)19-7-5-18(22)6-8-19/h4-10,12H,3,11,13H2,1-2H3,(H,24,25). The molecule has 6 nitrogen and oxygen atoms in total. The second-order valence-electron chi connectivity index (χ2n) is 7.04. The van der Waals surface area contributed by atoms with Crippen molar-refractivity contribution in [3.8, 4) is 11.5 Å². The van der Waals surface area contributed by atoms with Crippen LogP contribution in [0.5, 0.6) is 0 Å². The first kappa shape index (κ1) is 19.8. The highest BCUT2D eigenvalue weighted by molar-refractivity contribution is 7.89. The summed E-state index contributed by atoms with van der Waals surface area (Å²) in [5.74, 6) is 0.712. The first-order valence-corrected chi connectivity index (χ1v) is 11.1. The molecule has 0 spiro atoms. The Morgan fingerprint density at radius 3 is 2.59 bits per heavy atom. The van der Waals surface area contributed by atoms with E-state index >= 15 is 0 Å². The Balaban J connectivity index is 1.61. The van der Waals surface area contributed by atoms with Crippen LogP contribution in [0.3, 0.4) is 0 Å². The van der Waals surface area contributed by atoms with Gasteiger partial charge < -0.3 is 4.98 Å². The van der Waals surface area contributed by atoms with Crippen LogP contribution in [0.2, 0.25) is 5.02 Å². The quantitative estimate of drug-likeness (QED) is 0.674. The molecule has 1 aliphatic rings. The summed E-state index contributed by atoms with van der Waals surface area (Å²) in [7, 11) is -3.58. The number of nitrogens with one attached hydrogen (secondary N) is 1. The van der Waals surface area contributed by atoms with Crippen molar-refractivity contribution in [2.24, 2.45) is 0 Å². The lowest BCUT2D eigenvalue weighted by atomic mass is 10.0. The van der Waals surface area contributed by atoms with E-state index in [-0.39, 0.29) is 4.90 Å². The third-order valence-corrected chi connectivity index (χ3v) is 7.18. The average molecular weight is 429 g/mol. The van der Waals surface area contributed by atoms with Crippen molar-refractivity contribution in [3.63, 3.8) is 0 Å². The van der Waals surface area contributed by atoms with Crippen LogP contribution in [0.4, 0.5) is 0 Å². The molecular weight excluding hydrogens is 408 g/mol. The van der Waals surface area contributed by atoms with Gasteiger partial charge in [-0.15, -0.1) is 0 Å². The molecule has 3 heterocycles. The Morgan fingerprint density at radius 2 is 1.90 bits per heavy atom. The average Bonchev–Trinajstić information content (AvgIpc) is 3.07. The van der Waals surface area contributed by atoms with E-state index in [0.29, 0.717) is 30.4 Å². The number of halogens is 1. The van der Waals surface area contributed by atoms with Gasteiger partial charge in [0.25, 0.3) is 0 Å². The second kappa shape index (κ2) is 7.74. The molecule has 0 fully saturated rings. The molecule has 0 amide bonds. The Kier molecular flexibility index (Phi) is 5.29. The first-order valence-electron chi connectivity index (χ1n) is 9.29. The smallest absolute Gasteiger partial charge is 0.243 e. The van der Waals surface area contributed by atoms with E-state index in [1.807, 2.05) is 26.0 Å². The van der Waals surface area contributed by atoms with E-state index in [4.69, 9.17) is 11.6 Å². The largest absolute Gasteiger partial charge is 0.341 e. The van der Waals surface area contributed by atoms with Crippen molar-refractivity contribution in [3.05, 3.63) is 70.6 Å². The molecule has 150 valence electrons. The van der Waals surface area contributed by atoms with Gasteiger partial charge in [0, 0.05) is 30.0 Å². The summed E-state index contributed by atoms with van der Waals surface area (Å²) in [5.41, 5.74) is 4.57. The first-order chi connectivity index (χ1) is 13.8. The zero-order valence-corrected chi connectivity index (χ0v) is 17.8. The Hall–Kier alpha value is -2.48. The van der Waals surface area contributed by atoms with Crippen molar-refractivity contribution in [2.75, 3.05) is 13.1 Å². The monoisotopic (exact) mass is 428 g/mol. The van der Waals surface area contributed by atoms with Gasteiger partial charge in [-0.25, -0.2) is 13.4 Å². The molecule has 0 atom stereocenters. The lowest BCUT2D eigenvalue weighted by Gasteiger charge is -2.27. The van der Waals surface area contributed by atoms with Crippen molar-refractivity contribution in [1.82, 2.24) is 19.3 Å². The van der Waals surface area contributed by atoms with Gasteiger partial charge in [0.05, 0.1) is 10.6 Å². The molecule has 3 aromatic rings. The Bertz CT molecular complexity index is 1160. The minimum Gasteiger partial charge on any atom is -0.341 e. The normalized spacial score (nSPS) is 15.3. The van der Waals surface area contributed by atoms with Crippen LogP contribution in [0.15, 0.2) is 53.6 Å². The molecular formula is C21H21ClN4O2S. The second-order valence-corrected chi connectivity index (χ2v) is 9.41. The number of sulfonamides is 1. The van der Waals surface area contributed by atoms with Crippen LogP contribution >= 0.6 is 11.6 Å². The van der Waals surface area contributed by atoms with E-state index in [2.05, 4.69) is 21.0 Å². The van der Waals surface area contributed by atoms with E-state index in [0.717, 1.165) is 28.2 Å². The lowest BCUT2D eigenvalue weighted by molar-refractivity contribution is 0.443. The molecule has 8 heteroatoms. The molecule has 0 unspecified atom stereocenters. The summed E-state index contributed by atoms with van der Waals surface area (Å²) in [5, 5.41) is 0.510. The molecule has 29 heavy (non-hydrogen) atoms. The van der Waals surface area contributed by atoms with E-state index in [1.165, 1.54) is 4.31 Å². The van der Waals surface area contributed by atoms with Crippen LogP contribution in [0.25, 0.3) is 17.1 Å². The van der Waals surface area contributed by atoms with Gasteiger partial charge in [0.1, 0.15) is 5.69 Å². The maximum absolute atomic E-state index is 13.0. The summed E-state index contributed by atoms with van der Waals surface area (Å²) in [4.78, 5) is 12.4. The van der Waals surface area contributed by atoms with Gasteiger partial charge in [0.2, 0.25) is 10.0 Å². The van der Waals surface area contributed by atoms with Gasteiger partial charge in [-0.1, -0.05) is 17.7 Å². The fourth-order valence-corrected chi connectivity index (χ4v) is 4.87. The van der Waals surface area contributed by atoms with Gasteiger partial charge in [-0.3, -0.25) is 4.98 Å². The van der Waals surface area contributed by atoms with Gasteiger partial charge in [0.15, 0.2) is 5.82 Å². The number of aryl methyl sites for hydroxylation is 2. The zero-order chi connectivity index (χ0) is 20.6. The number of H-pyrrole nitrogens is 1. The summed E-state index contributed by atoms with van der Waals surface area (Å²) < 4.78 is 27.6. The molecule has 0 bridgehead atoms. The maximum Gasteiger partial charge on any atom is 0.243 e. The van der Waals surface area contributed by atoms with Gasteiger partial charge in [-0.2, -0.15) is 4.31 Å². The number of hydrogen-bond acceptors (Lipinski definition) is 4. The number of aromatic amines is 1. The summed E-state index contributed by atoms with van der Waals surface area (Å²) in [6.07, 6.45) is 4.47. The Morgan fingerprint density at radius 1 is 1.14 bits per heavy atom. The molecule has 1 N–H and O–H groups in total. The van der Waals surface area contributed by atoms with Gasteiger partial charge >= 0.3 is 0 Å². The number of rotatable bonds is 4. The third-order valence-electron chi connectivity index (χ3n) is 5.07. The highest BCUT2D eigenvalue weighted by Gasteiger charge is 2.27. The zero-order valence-electron chi connectivity index (χ0n) is 16.2. The number of imidazole rings is 1. The minimum absolute atomic E-state index is 0.250. The van der Waals surface area contributed by atoms with Crippen molar-refractivity contribution in [2.45, 2.75) is 25.2 Å². The third kappa shape index (κ3) is 3.99.